The number of ether oxygens (including phenoxy) is 2. The lowest BCUT2D eigenvalue weighted by molar-refractivity contribution is -0.153. The fraction of sp³-hybridized carbons (Fsp3) is 0.300. The summed E-state index contributed by atoms with van der Waals surface area (Å²) in [6.07, 6.45) is 1.96. The van der Waals surface area contributed by atoms with E-state index in [0.29, 0.717) is 23.6 Å². The maximum absolute atomic E-state index is 12.9. The standard InChI is InChI=1S/C20H23NO5/c1-5-25-20(23)19(22)21(15-8-10-16(24-4)11-9-15)17(13-14(2)3)18-7-6-12-26-18/h6-12,17H,2,5,13H2,1,3-4H3. The van der Waals surface area contributed by atoms with Crippen molar-refractivity contribution < 1.29 is 23.5 Å². The molecule has 6 heteroatoms. The van der Waals surface area contributed by atoms with Crippen LogP contribution in [0.4, 0.5) is 5.69 Å². The Balaban J connectivity index is 2.50. The molecule has 0 aliphatic heterocycles. The third-order valence-electron chi connectivity index (χ3n) is 3.74. The van der Waals surface area contributed by atoms with Crippen molar-refractivity contribution in [2.45, 2.75) is 26.3 Å². The minimum atomic E-state index is -0.915. The molecule has 0 aliphatic carbocycles. The number of amides is 1. The lowest BCUT2D eigenvalue weighted by atomic mass is 10.0. The van der Waals surface area contributed by atoms with E-state index in [1.807, 2.05) is 6.92 Å². The molecule has 1 amide bonds. The smallest absolute Gasteiger partial charge is 0.397 e. The van der Waals surface area contributed by atoms with Crippen molar-refractivity contribution in [3.8, 4) is 5.75 Å². The SMILES string of the molecule is C=C(C)CC(c1ccco1)N(C(=O)C(=O)OCC)c1ccc(OC)cc1. The number of hydrogen-bond donors (Lipinski definition) is 0. The van der Waals surface area contributed by atoms with E-state index in [1.165, 1.54) is 11.2 Å². The van der Waals surface area contributed by atoms with Crippen LogP contribution in [-0.4, -0.2) is 25.6 Å². The number of rotatable bonds is 7. The molecule has 0 radical (unpaired) electrons. The van der Waals surface area contributed by atoms with Crippen LogP contribution < -0.4 is 9.64 Å². The summed E-state index contributed by atoms with van der Waals surface area (Å²) >= 11 is 0. The summed E-state index contributed by atoms with van der Waals surface area (Å²) in [6.45, 7) is 7.56. The van der Waals surface area contributed by atoms with Crippen LogP contribution in [0, 0.1) is 0 Å². The number of anilines is 1. The summed E-state index contributed by atoms with van der Waals surface area (Å²) in [6, 6.07) is 9.85. The lowest BCUT2D eigenvalue weighted by Gasteiger charge is -2.30. The quantitative estimate of drug-likeness (QED) is 0.427. The van der Waals surface area contributed by atoms with Crippen LogP contribution in [0.2, 0.25) is 0 Å². The van der Waals surface area contributed by atoms with Crippen molar-refractivity contribution in [2.75, 3.05) is 18.6 Å². The molecular formula is C20H23NO5. The molecule has 0 fully saturated rings. The van der Waals surface area contributed by atoms with Gasteiger partial charge in [-0.05, 0) is 56.7 Å². The monoisotopic (exact) mass is 357 g/mol. The van der Waals surface area contributed by atoms with E-state index < -0.39 is 17.9 Å². The van der Waals surface area contributed by atoms with E-state index in [2.05, 4.69) is 6.58 Å². The normalized spacial score (nSPS) is 11.5. The van der Waals surface area contributed by atoms with Gasteiger partial charge >= 0.3 is 11.9 Å². The second kappa shape index (κ2) is 8.89. The molecule has 2 aromatic rings. The molecule has 26 heavy (non-hydrogen) atoms. The predicted molar refractivity (Wildman–Crippen MR) is 98.0 cm³/mol. The van der Waals surface area contributed by atoms with E-state index in [1.54, 1.807) is 50.4 Å². The van der Waals surface area contributed by atoms with E-state index >= 15 is 0 Å². The van der Waals surface area contributed by atoms with E-state index in [-0.39, 0.29) is 6.61 Å². The van der Waals surface area contributed by atoms with Gasteiger partial charge in [-0.25, -0.2) is 4.79 Å². The van der Waals surface area contributed by atoms with Gasteiger partial charge in [0.25, 0.3) is 0 Å². The predicted octanol–water partition coefficient (Wildman–Crippen LogP) is 3.89. The minimum Gasteiger partial charge on any atom is -0.497 e. The average Bonchev–Trinajstić information content (AvgIpc) is 3.16. The van der Waals surface area contributed by atoms with Crippen molar-refractivity contribution in [1.82, 2.24) is 0 Å². The van der Waals surface area contributed by atoms with Crippen LogP contribution in [-0.2, 0) is 14.3 Å². The van der Waals surface area contributed by atoms with E-state index in [0.717, 1.165) is 5.57 Å². The Morgan fingerprint density at radius 1 is 1.23 bits per heavy atom. The number of hydrogen-bond acceptors (Lipinski definition) is 5. The number of benzene rings is 1. The second-order valence-corrected chi connectivity index (χ2v) is 5.79. The molecule has 1 aromatic heterocycles. The van der Waals surface area contributed by atoms with Gasteiger partial charge in [-0.1, -0.05) is 5.57 Å². The zero-order valence-corrected chi connectivity index (χ0v) is 15.2. The van der Waals surface area contributed by atoms with Gasteiger partial charge < -0.3 is 13.9 Å². The first-order valence-corrected chi connectivity index (χ1v) is 8.30. The van der Waals surface area contributed by atoms with Crippen LogP contribution in [0.3, 0.4) is 0 Å². The molecule has 0 N–H and O–H groups in total. The van der Waals surface area contributed by atoms with Crippen molar-refractivity contribution in [2.24, 2.45) is 0 Å². The molecule has 2 rings (SSSR count). The first-order valence-electron chi connectivity index (χ1n) is 8.30. The number of nitrogens with zero attached hydrogens (tertiary/aromatic N) is 1. The summed E-state index contributed by atoms with van der Waals surface area (Å²) in [5.74, 6) is -0.477. The number of methoxy groups -OCH3 is 1. The highest BCUT2D eigenvalue weighted by Crippen LogP contribution is 2.33. The maximum Gasteiger partial charge on any atom is 0.397 e. The van der Waals surface area contributed by atoms with Crippen molar-refractivity contribution in [3.63, 3.8) is 0 Å². The summed E-state index contributed by atoms with van der Waals surface area (Å²) < 4.78 is 15.6. The fourth-order valence-electron chi connectivity index (χ4n) is 2.60. The largest absolute Gasteiger partial charge is 0.497 e. The van der Waals surface area contributed by atoms with Gasteiger partial charge in [0.2, 0.25) is 0 Å². The summed E-state index contributed by atoms with van der Waals surface area (Å²) in [4.78, 5) is 26.4. The maximum atomic E-state index is 12.9. The van der Waals surface area contributed by atoms with Gasteiger partial charge in [0.1, 0.15) is 11.5 Å². The Morgan fingerprint density at radius 3 is 2.42 bits per heavy atom. The van der Waals surface area contributed by atoms with Crippen molar-refractivity contribution >= 4 is 17.6 Å². The highest BCUT2D eigenvalue weighted by atomic mass is 16.5. The fourth-order valence-corrected chi connectivity index (χ4v) is 2.60. The Bertz CT molecular complexity index is 749. The summed E-state index contributed by atoms with van der Waals surface area (Å²) in [5, 5.41) is 0. The molecule has 0 spiro atoms. The number of carbonyl (C=O) groups excluding carboxylic acids is 2. The molecule has 0 saturated heterocycles. The molecular weight excluding hydrogens is 334 g/mol. The molecule has 138 valence electrons. The number of esters is 1. The highest BCUT2D eigenvalue weighted by Gasteiger charge is 2.33. The minimum absolute atomic E-state index is 0.118. The molecule has 1 atom stereocenters. The molecule has 0 saturated carbocycles. The molecule has 0 bridgehead atoms. The van der Waals surface area contributed by atoms with Crippen LogP contribution >= 0.6 is 0 Å². The van der Waals surface area contributed by atoms with Crippen LogP contribution in [0.1, 0.15) is 32.1 Å². The Labute approximate surface area is 153 Å². The summed E-state index contributed by atoms with van der Waals surface area (Å²) in [7, 11) is 1.56. The third kappa shape index (κ3) is 4.53. The average molecular weight is 357 g/mol. The molecule has 1 heterocycles. The topological polar surface area (TPSA) is 69.0 Å². The highest BCUT2D eigenvalue weighted by molar-refractivity contribution is 6.38. The van der Waals surface area contributed by atoms with E-state index in [4.69, 9.17) is 13.9 Å². The Kier molecular flexibility index (Phi) is 6.60. The zero-order chi connectivity index (χ0) is 19.1. The number of furan rings is 1. The second-order valence-electron chi connectivity index (χ2n) is 5.79. The molecule has 1 unspecified atom stereocenters. The van der Waals surface area contributed by atoms with Gasteiger partial charge in [-0.15, -0.1) is 6.58 Å². The van der Waals surface area contributed by atoms with Gasteiger partial charge in [0, 0.05) is 5.69 Å². The van der Waals surface area contributed by atoms with Gasteiger partial charge in [-0.2, -0.15) is 0 Å². The molecule has 1 aromatic carbocycles. The van der Waals surface area contributed by atoms with Crippen molar-refractivity contribution in [1.29, 1.82) is 0 Å². The lowest BCUT2D eigenvalue weighted by Crippen LogP contribution is -2.40. The molecule has 6 nitrogen and oxygen atoms in total. The van der Waals surface area contributed by atoms with Crippen LogP contribution in [0.25, 0.3) is 0 Å². The van der Waals surface area contributed by atoms with Gasteiger partial charge in [0.05, 0.1) is 26.0 Å². The van der Waals surface area contributed by atoms with Crippen molar-refractivity contribution in [3.05, 3.63) is 60.6 Å². The first-order chi connectivity index (χ1) is 12.5. The number of carbonyl (C=O) groups is 2. The Morgan fingerprint density at radius 2 is 1.92 bits per heavy atom. The summed E-state index contributed by atoms with van der Waals surface area (Å²) in [5.41, 5.74) is 1.38. The van der Waals surface area contributed by atoms with Crippen LogP contribution in [0.15, 0.2) is 59.2 Å². The molecule has 0 aliphatic rings. The van der Waals surface area contributed by atoms with Gasteiger partial charge in [-0.3, -0.25) is 9.69 Å². The van der Waals surface area contributed by atoms with E-state index in [9.17, 15) is 9.59 Å². The van der Waals surface area contributed by atoms with Gasteiger partial charge in [0.15, 0.2) is 0 Å². The van der Waals surface area contributed by atoms with Crippen LogP contribution in [0.5, 0.6) is 5.75 Å². The first kappa shape index (κ1) is 19.3. The zero-order valence-electron chi connectivity index (χ0n) is 15.2. The third-order valence-corrected chi connectivity index (χ3v) is 3.74. The Hall–Kier alpha value is -3.02.